The number of hydrogen-bond donors (Lipinski definition) is 1. The second-order valence-electron chi connectivity index (χ2n) is 4.55. The van der Waals surface area contributed by atoms with E-state index in [-0.39, 0.29) is 0 Å². The van der Waals surface area contributed by atoms with E-state index in [1.165, 1.54) is 18.4 Å². The maximum atomic E-state index is 5.65. The minimum Gasteiger partial charge on any atom is -0.493 e. The first-order valence-electron chi connectivity index (χ1n) is 5.88. The number of nitrogens with one attached hydrogen (secondary N) is 1. The van der Waals surface area contributed by atoms with Crippen LogP contribution in [0.3, 0.4) is 0 Å². The van der Waals surface area contributed by atoms with Crippen molar-refractivity contribution in [1.82, 2.24) is 5.32 Å². The van der Waals surface area contributed by atoms with E-state index >= 15 is 0 Å². The summed E-state index contributed by atoms with van der Waals surface area (Å²) in [5.74, 6) is 1.74. The Morgan fingerprint density at radius 1 is 1.20 bits per heavy atom. The lowest BCUT2D eigenvalue weighted by molar-refractivity contribution is 0.264. The lowest BCUT2D eigenvalue weighted by Crippen LogP contribution is -2.27. The third-order valence-electron chi connectivity index (χ3n) is 3.31. The molecule has 1 heterocycles. The first-order valence-corrected chi connectivity index (χ1v) is 5.88. The van der Waals surface area contributed by atoms with Crippen molar-refractivity contribution >= 4 is 0 Å². The average Bonchev–Trinajstić information content (AvgIpc) is 3.10. The highest BCUT2D eigenvalue weighted by Crippen LogP contribution is 2.33. The van der Waals surface area contributed by atoms with Crippen molar-refractivity contribution in [2.24, 2.45) is 0 Å². The Hall–Kier alpha value is -1.02. The summed E-state index contributed by atoms with van der Waals surface area (Å²) in [6.45, 7) is 1.99. The molecule has 1 atom stereocenters. The second kappa shape index (κ2) is 3.86. The molecule has 1 N–H and O–H groups in total. The summed E-state index contributed by atoms with van der Waals surface area (Å²) in [6, 6.07) is 9.25. The fraction of sp³-hybridized carbons (Fsp3) is 0.538. The number of ether oxygens (including phenoxy) is 1. The molecule has 2 nitrogen and oxygen atoms in total. The quantitative estimate of drug-likeness (QED) is 0.814. The van der Waals surface area contributed by atoms with Gasteiger partial charge in [0, 0.05) is 18.5 Å². The SMILES string of the molecule is c1ccc2c(c1)OCCC2CNC1CC1. The molecule has 1 aliphatic heterocycles. The zero-order valence-corrected chi connectivity index (χ0v) is 8.91. The van der Waals surface area contributed by atoms with Gasteiger partial charge >= 0.3 is 0 Å². The zero-order valence-electron chi connectivity index (χ0n) is 8.91. The number of hydrogen-bond acceptors (Lipinski definition) is 2. The van der Waals surface area contributed by atoms with Crippen LogP contribution >= 0.6 is 0 Å². The van der Waals surface area contributed by atoms with Gasteiger partial charge in [-0.25, -0.2) is 0 Å². The molecule has 1 unspecified atom stereocenters. The van der Waals surface area contributed by atoms with Gasteiger partial charge in [0.1, 0.15) is 5.75 Å². The molecule has 2 aliphatic rings. The van der Waals surface area contributed by atoms with Crippen molar-refractivity contribution in [3.05, 3.63) is 29.8 Å². The van der Waals surface area contributed by atoms with Crippen molar-refractivity contribution in [1.29, 1.82) is 0 Å². The predicted molar refractivity (Wildman–Crippen MR) is 60.3 cm³/mol. The Bertz CT molecular complexity index is 346. The Kier molecular flexibility index (Phi) is 2.37. The molecule has 0 bridgehead atoms. The molecule has 80 valence electrons. The maximum Gasteiger partial charge on any atom is 0.122 e. The summed E-state index contributed by atoms with van der Waals surface area (Å²) >= 11 is 0. The topological polar surface area (TPSA) is 21.3 Å². The number of fused-ring (bicyclic) bond motifs is 1. The van der Waals surface area contributed by atoms with E-state index in [0.29, 0.717) is 5.92 Å². The van der Waals surface area contributed by atoms with Crippen molar-refractivity contribution in [3.8, 4) is 5.75 Å². The Labute approximate surface area is 90.6 Å². The van der Waals surface area contributed by atoms with Crippen LogP contribution < -0.4 is 10.1 Å². The van der Waals surface area contributed by atoms with Crippen LogP contribution in [0, 0.1) is 0 Å². The van der Waals surface area contributed by atoms with E-state index in [1.807, 2.05) is 0 Å². The van der Waals surface area contributed by atoms with E-state index in [9.17, 15) is 0 Å². The highest BCUT2D eigenvalue weighted by molar-refractivity contribution is 5.37. The molecule has 1 aromatic rings. The second-order valence-corrected chi connectivity index (χ2v) is 4.55. The molecule has 15 heavy (non-hydrogen) atoms. The largest absolute Gasteiger partial charge is 0.493 e. The third kappa shape index (κ3) is 2.00. The number of rotatable bonds is 3. The van der Waals surface area contributed by atoms with Crippen LogP contribution in [0.15, 0.2) is 24.3 Å². The monoisotopic (exact) mass is 203 g/mol. The minimum absolute atomic E-state index is 0.649. The molecule has 0 amide bonds. The molecular formula is C13H17NO. The number of benzene rings is 1. The lowest BCUT2D eigenvalue weighted by Gasteiger charge is -2.26. The molecule has 1 saturated carbocycles. The van der Waals surface area contributed by atoms with Crippen molar-refractivity contribution in [3.63, 3.8) is 0 Å². The van der Waals surface area contributed by atoms with Gasteiger partial charge in [0.05, 0.1) is 6.61 Å². The Balaban J connectivity index is 1.73. The normalized spacial score (nSPS) is 24.4. The molecule has 0 spiro atoms. The van der Waals surface area contributed by atoms with Gasteiger partial charge in [-0.2, -0.15) is 0 Å². The van der Waals surface area contributed by atoms with Crippen molar-refractivity contribution in [2.75, 3.05) is 13.2 Å². The molecule has 2 heteroatoms. The predicted octanol–water partition coefficient (Wildman–Crippen LogP) is 2.30. The molecule has 0 saturated heterocycles. The van der Waals surface area contributed by atoms with E-state index in [1.54, 1.807) is 0 Å². The van der Waals surface area contributed by atoms with Crippen LogP contribution in [0.2, 0.25) is 0 Å². The summed E-state index contributed by atoms with van der Waals surface area (Å²) in [6.07, 6.45) is 3.88. The third-order valence-corrected chi connectivity index (χ3v) is 3.31. The van der Waals surface area contributed by atoms with Gasteiger partial charge in [0.25, 0.3) is 0 Å². The van der Waals surface area contributed by atoms with Crippen molar-refractivity contribution in [2.45, 2.75) is 31.2 Å². The van der Waals surface area contributed by atoms with E-state index < -0.39 is 0 Å². The molecule has 3 rings (SSSR count). The highest BCUT2D eigenvalue weighted by Gasteiger charge is 2.25. The van der Waals surface area contributed by atoms with E-state index in [4.69, 9.17) is 4.74 Å². The van der Waals surface area contributed by atoms with Gasteiger partial charge in [0.2, 0.25) is 0 Å². The Morgan fingerprint density at radius 2 is 2.07 bits per heavy atom. The van der Waals surface area contributed by atoms with E-state index in [2.05, 4.69) is 29.6 Å². The molecule has 1 aliphatic carbocycles. The Morgan fingerprint density at radius 3 is 2.93 bits per heavy atom. The molecule has 0 aromatic heterocycles. The van der Waals surface area contributed by atoms with Gasteiger partial charge in [-0.15, -0.1) is 0 Å². The van der Waals surface area contributed by atoms with Crippen LogP contribution in [-0.4, -0.2) is 19.2 Å². The van der Waals surface area contributed by atoms with Gasteiger partial charge in [-0.1, -0.05) is 18.2 Å². The minimum atomic E-state index is 0.649. The van der Waals surface area contributed by atoms with Crippen LogP contribution in [0.5, 0.6) is 5.75 Å². The molecule has 1 fully saturated rings. The highest BCUT2D eigenvalue weighted by atomic mass is 16.5. The maximum absolute atomic E-state index is 5.65. The fourth-order valence-corrected chi connectivity index (χ4v) is 2.22. The fourth-order valence-electron chi connectivity index (χ4n) is 2.22. The first kappa shape index (κ1) is 9.22. The van der Waals surface area contributed by atoms with Crippen molar-refractivity contribution < 1.29 is 4.74 Å². The van der Waals surface area contributed by atoms with Gasteiger partial charge in [-0.3, -0.25) is 0 Å². The summed E-state index contributed by atoms with van der Waals surface area (Å²) < 4.78 is 5.65. The smallest absolute Gasteiger partial charge is 0.122 e. The summed E-state index contributed by atoms with van der Waals surface area (Å²) in [4.78, 5) is 0. The first-order chi connectivity index (χ1) is 7.43. The van der Waals surface area contributed by atoms with E-state index in [0.717, 1.165) is 31.4 Å². The molecule has 1 aromatic carbocycles. The van der Waals surface area contributed by atoms with Crippen LogP contribution in [0.4, 0.5) is 0 Å². The molecule has 0 radical (unpaired) electrons. The standard InChI is InChI=1S/C13H17NO/c1-2-4-13-12(3-1)10(7-8-15-13)9-14-11-5-6-11/h1-4,10-11,14H,5-9H2. The lowest BCUT2D eigenvalue weighted by atomic mass is 9.93. The van der Waals surface area contributed by atoms with Crippen LogP contribution in [-0.2, 0) is 0 Å². The van der Waals surface area contributed by atoms with Crippen LogP contribution in [0.1, 0.15) is 30.7 Å². The number of para-hydroxylation sites is 1. The summed E-state index contributed by atoms with van der Waals surface area (Å²) in [5.41, 5.74) is 1.39. The van der Waals surface area contributed by atoms with Gasteiger partial charge in [0.15, 0.2) is 0 Å². The molecular weight excluding hydrogens is 186 g/mol. The zero-order chi connectivity index (χ0) is 10.1. The van der Waals surface area contributed by atoms with Gasteiger partial charge < -0.3 is 10.1 Å². The average molecular weight is 203 g/mol. The summed E-state index contributed by atoms with van der Waals surface area (Å²) in [5, 5.41) is 3.61. The summed E-state index contributed by atoms with van der Waals surface area (Å²) in [7, 11) is 0. The van der Waals surface area contributed by atoms with Crippen LogP contribution in [0.25, 0.3) is 0 Å². The van der Waals surface area contributed by atoms with Gasteiger partial charge in [-0.05, 0) is 30.9 Å².